The van der Waals surface area contributed by atoms with Gasteiger partial charge in [-0.05, 0) is 30.7 Å². The molecule has 3 nitrogen and oxygen atoms in total. The Morgan fingerprint density at radius 3 is 2.69 bits per heavy atom. The zero-order valence-electron chi connectivity index (χ0n) is 9.47. The molecule has 0 amide bonds. The molecule has 0 bridgehead atoms. The van der Waals surface area contributed by atoms with E-state index in [1.165, 1.54) is 0 Å². The molecule has 3 heteroatoms. The zero-order chi connectivity index (χ0) is 11.4. The van der Waals surface area contributed by atoms with Crippen LogP contribution in [0.4, 0.5) is 5.69 Å². The Morgan fingerprint density at radius 2 is 2.06 bits per heavy atom. The number of nitrogens with zero attached hydrogens (tertiary/aromatic N) is 1. The van der Waals surface area contributed by atoms with E-state index in [4.69, 9.17) is 4.74 Å². The molecule has 86 valence electrons. The van der Waals surface area contributed by atoms with E-state index in [9.17, 15) is 5.11 Å². The molecule has 0 aromatic heterocycles. The third-order valence-electron chi connectivity index (χ3n) is 2.93. The second-order valence-electron chi connectivity index (χ2n) is 3.89. The molecule has 1 N–H and O–H groups in total. The van der Waals surface area contributed by atoms with Crippen LogP contribution < -0.4 is 9.64 Å². The fourth-order valence-corrected chi connectivity index (χ4v) is 1.98. The van der Waals surface area contributed by atoms with Gasteiger partial charge in [0.05, 0.1) is 19.8 Å². The Bertz CT molecular complexity index is 359. The van der Waals surface area contributed by atoms with Crippen LogP contribution in [0.2, 0.25) is 0 Å². The van der Waals surface area contributed by atoms with Gasteiger partial charge < -0.3 is 14.7 Å². The molecule has 1 aromatic carbocycles. The molecular formula is C13H17NO2. The summed E-state index contributed by atoms with van der Waals surface area (Å²) in [6.07, 6.45) is 5.17. The molecule has 0 unspecified atom stereocenters. The van der Waals surface area contributed by atoms with Crippen LogP contribution in [0.3, 0.4) is 0 Å². The van der Waals surface area contributed by atoms with Crippen molar-refractivity contribution in [1.82, 2.24) is 0 Å². The quantitative estimate of drug-likeness (QED) is 0.787. The first-order valence-electron chi connectivity index (χ1n) is 5.51. The van der Waals surface area contributed by atoms with Crippen molar-refractivity contribution < 1.29 is 9.84 Å². The highest BCUT2D eigenvalue weighted by atomic mass is 16.5. The van der Waals surface area contributed by atoms with Crippen LogP contribution in [0.15, 0.2) is 36.4 Å². The molecular weight excluding hydrogens is 202 g/mol. The molecule has 0 aliphatic carbocycles. The van der Waals surface area contributed by atoms with Gasteiger partial charge in [-0.1, -0.05) is 12.2 Å². The second kappa shape index (κ2) is 5.03. The number of anilines is 1. The fourth-order valence-electron chi connectivity index (χ4n) is 1.98. The lowest BCUT2D eigenvalue weighted by Crippen LogP contribution is -2.39. The molecule has 1 aliphatic rings. The summed E-state index contributed by atoms with van der Waals surface area (Å²) >= 11 is 0. The minimum absolute atomic E-state index is 0.191. The van der Waals surface area contributed by atoms with Gasteiger partial charge in [0, 0.05) is 12.2 Å². The van der Waals surface area contributed by atoms with E-state index in [1.54, 1.807) is 7.11 Å². The molecule has 1 heterocycles. The maximum Gasteiger partial charge on any atom is 0.119 e. The van der Waals surface area contributed by atoms with Gasteiger partial charge in [-0.3, -0.25) is 0 Å². The van der Waals surface area contributed by atoms with Crippen LogP contribution in [-0.2, 0) is 0 Å². The molecule has 1 atom stereocenters. The van der Waals surface area contributed by atoms with E-state index in [-0.39, 0.29) is 12.6 Å². The monoisotopic (exact) mass is 219 g/mol. The largest absolute Gasteiger partial charge is 0.497 e. The lowest BCUT2D eigenvalue weighted by Gasteiger charge is -2.33. The van der Waals surface area contributed by atoms with Crippen molar-refractivity contribution in [2.24, 2.45) is 0 Å². The average Bonchev–Trinajstić information content (AvgIpc) is 2.39. The molecule has 1 aliphatic heterocycles. The van der Waals surface area contributed by atoms with E-state index in [0.717, 1.165) is 24.4 Å². The van der Waals surface area contributed by atoms with E-state index in [2.05, 4.69) is 17.1 Å². The Kier molecular flexibility index (Phi) is 3.47. The zero-order valence-corrected chi connectivity index (χ0v) is 9.47. The Balaban J connectivity index is 2.18. The number of ether oxygens (including phenoxy) is 1. The molecule has 0 saturated carbocycles. The van der Waals surface area contributed by atoms with Crippen molar-refractivity contribution in [3.63, 3.8) is 0 Å². The van der Waals surface area contributed by atoms with E-state index >= 15 is 0 Å². The smallest absolute Gasteiger partial charge is 0.119 e. The minimum Gasteiger partial charge on any atom is -0.497 e. The molecule has 1 aromatic rings. The summed E-state index contributed by atoms with van der Waals surface area (Å²) in [5, 5.41) is 9.32. The van der Waals surface area contributed by atoms with E-state index < -0.39 is 0 Å². The number of methoxy groups -OCH3 is 1. The summed E-state index contributed by atoms with van der Waals surface area (Å²) in [4.78, 5) is 2.21. The lowest BCUT2D eigenvalue weighted by atomic mass is 10.1. The van der Waals surface area contributed by atoms with Gasteiger partial charge in [-0.15, -0.1) is 0 Å². The maximum atomic E-state index is 9.32. The molecule has 0 saturated heterocycles. The van der Waals surface area contributed by atoms with Crippen LogP contribution in [0.1, 0.15) is 6.42 Å². The number of aliphatic hydroxyl groups is 1. The topological polar surface area (TPSA) is 32.7 Å². The van der Waals surface area contributed by atoms with Crippen molar-refractivity contribution >= 4 is 5.69 Å². The van der Waals surface area contributed by atoms with Crippen LogP contribution in [0, 0.1) is 0 Å². The number of rotatable bonds is 3. The normalized spacial score (nSPS) is 19.9. The van der Waals surface area contributed by atoms with Gasteiger partial charge in [-0.2, -0.15) is 0 Å². The molecule has 0 fully saturated rings. The summed E-state index contributed by atoms with van der Waals surface area (Å²) in [5.74, 6) is 0.858. The SMILES string of the molecule is COc1ccc(N2CC=CC[C@H]2CO)cc1. The number of aliphatic hydroxyl groups excluding tert-OH is 1. The predicted molar refractivity (Wildman–Crippen MR) is 65.0 cm³/mol. The average molecular weight is 219 g/mol. The first-order valence-corrected chi connectivity index (χ1v) is 5.51. The highest BCUT2D eigenvalue weighted by molar-refractivity contribution is 5.51. The van der Waals surface area contributed by atoms with Crippen LogP contribution in [0.5, 0.6) is 5.75 Å². The fraction of sp³-hybridized carbons (Fsp3) is 0.385. The number of hydrogen-bond acceptors (Lipinski definition) is 3. The third kappa shape index (κ3) is 2.19. The summed E-state index contributed by atoms with van der Waals surface area (Å²) in [6.45, 7) is 1.05. The van der Waals surface area contributed by atoms with Crippen LogP contribution >= 0.6 is 0 Å². The lowest BCUT2D eigenvalue weighted by molar-refractivity contribution is 0.259. The summed E-state index contributed by atoms with van der Waals surface area (Å²) in [6, 6.07) is 8.14. The Hall–Kier alpha value is -1.48. The number of benzene rings is 1. The molecule has 0 spiro atoms. The van der Waals surface area contributed by atoms with Crippen molar-refractivity contribution in [1.29, 1.82) is 0 Å². The van der Waals surface area contributed by atoms with Crippen molar-refractivity contribution in [3.05, 3.63) is 36.4 Å². The van der Waals surface area contributed by atoms with E-state index in [1.807, 2.05) is 24.3 Å². The Labute approximate surface area is 96.0 Å². The highest BCUT2D eigenvalue weighted by Crippen LogP contribution is 2.23. The van der Waals surface area contributed by atoms with Crippen molar-refractivity contribution in [2.45, 2.75) is 12.5 Å². The molecule has 16 heavy (non-hydrogen) atoms. The summed E-state index contributed by atoms with van der Waals surface area (Å²) < 4.78 is 5.13. The van der Waals surface area contributed by atoms with Crippen LogP contribution in [0.25, 0.3) is 0 Å². The molecule has 0 radical (unpaired) electrons. The first kappa shape index (κ1) is 11.0. The van der Waals surface area contributed by atoms with Gasteiger partial charge in [0.15, 0.2) is 0 Å². The van der Waals surface area contributed by atoms with Crippen molar-refractivity contribution in [3.8, 4) is 5.75 Å². The summed E-state index contributed by atoms with van der Waals surface area (Å²) in [7, 11) is 1.66. The minimum atomic E-state index is 0.191. The van der Waals surface area contributed by atoms with Gasteiger partial charge >= 0.3 is 0 Å². The van der Waals surface area contributed by atoms with Crippen LogP contribution in [-0.4, -0.2) is 31.4 Å². The van der Waals surface area contributed by atoms with Gasteiger partial charge in [0.2, 0.25) is 0 Å². The standard InChI is InChI=1S/C13H17NO2/c1-16-13-7-5-11(6-8-13)14-9-3-2-4-12(14)10-15/h2-3,5-8,12,15H,4,9-10H2,1H3/t12-/m0/s1. The summed E-state index contributed by atoms with van der Waals surface area (Å²) in [5.41, 5.74) is 1.13. The first-order chi connectivity index (χ1) is 7.85. The van der Waals surface area contributed by atoms with Crippen molar-refractivity contribution in [2.75, 3.05) is 25.2 Å². The van der Waals surface area contributed by atoms with Gasteiger partial charge in [-0.25, -0.2) is 0 Å². The second-order valence-corrected chi connectivity index (χ2v) is 3.89. The number of hydrogen-bond donors (Lipinski definition) is 1. The van der Waals surface area contributed by atoms with Gasteiger partial charge in [0.25, 0.3) is 0 Å². The predicted octanol–water partition coefficient (Wildman–Crippen LogP) is 1.82. The molecule has 2 rings (SSSR count). The van der Waals surface area contributed by atoms with E-state index in [0.29, 0.717) is 0 Å². The van der Waals surface area contributed by atoms with Gasteiger partial charge in [0.1, 0.15) is 5.75 Å². The maximum absolute atomic E-state index is 9.32. The third-order valence-corrected chi connectivity index (χ3v) is 2.93. The Morgan fingerprint density at radius 1 is 1.31 bits per heavy atom. The highest BCUT2D eigenvalue weighted by Gasteiger charge is 2.18.